The lowest BCUT2D eigenvalue weighted by Gasteiger charge is -2.05. The lowest BCUT2D eigenvalue weighted by atomic mass is 10.1. The van der Waals surface area contributed by atoms with Crippen LogP contribution in [-0.2, 0) is 9.84 Å². The van der Waals surface area contributed by atoms with E-state index in [2.05, 4.69) is 0 Å². The summed E-state index contributed by atoms with van der Waals surface area (Å²) in [5.41, 5.74) is -0.531. The molecule has 0 fully saturated rings. The van der Waals surface area contributed by atoms with Gasteiger partial charge >= 0.3 is 0 Å². The van der Waals surface area contributed by atoms with Crippen LogP contribution >= 0.6 is 0 Å². The SMILES string of the molecule is O=C(CS(=O)(=O)c1cccc(F)c1)c1ccc(F)cc1F. The quantitative estimate of drug-likeness (QED) is 0.815. The van der Waals surface area contributed by atoms with Crippen molar-refractivity contribution in [2.24, 2.45) is 0 Å². The molecule has 0 bridgehead atoms. The van der Waals surface area contributed by atoms with Crippen LogP contribution in [0.2, 0.25) is 0 Å². The Bertz CT molecular complexity index is 801. The number of carbonyl (C=O) groups excluding carboxylic acids is 1. The van der Waals surface area contributed by atoms with Crippen molar-refractivity contribution in [3.8, 4) is 0 Å². The van der Waals surface area contributed by atoms with Crippen molar-refractivity contribution in [2.45, 2.75) is 4.90 Å². The Labute approximate surface area is 119 Å². The van der Waals surface area contributed by atoms with Crippen molar-refractivity contribution in [3.63, 3.8) is 0 Å². The molecular weight excluding hydrogens is 305 g/mol. The van der Waals surface area contributed by atoms with Gasteiger partial charge in [-0.3, -0.25) is 4.79 Å². The summed E-state index contributed by atoms with van der Waals surface area (Å²) in [7, 11) is -4.11. The number of halogens is 3. The van der Waals surface area contributed by atoms with Crippen LogP contribution in [0.4, 0.5) is 13.2 Å². The van der Waals surface area contributed by atoms with Gasteiger partial charge in [-0.05, 0) is 30.3 Å². The van der Waals surface area contributed by atoms with Gasteiger partial charge in [0, 0.05) is 6.07 Å². The summed E-state index contributed by atoms with van der Waals surface area (Å²) in [6.07, 6.45) is 0. The summed E-state index contributed by atoms with van der Waals surface area (Å²) in [5, 5.41) is 0. The predicted octanol–water partition coefficient (Wildman–Crippen LogP) is 2.76. The third-order valence-electron chi connectivity index (χ3n) is 2.71. The van der Waals surface area contributed by atoms with Crippen molar-refractivity contribution in [1.82, 2.24) is 0 Å². The third-order valence-corrected chi connectivity index (χ3v) is 4.32. The lowest BCUT2D eigenvalue weighted by Crippen LogP contribution is -2.17. The second-order valence-corrected chi connectivity index (χ2v) is 6.25. The van der Waals surface area contributed by atoms with Crippen molar-refractivity contribution in [1.29, 1.82) is 0 Å². The van der Waals surface area contributed by atoms with Crippen LogP contribution in [0.1, 0.15) is 10.4 Å². The number of rotatable bonds is 4. The molecule has 7 heteroatoms. The van der Waals surface area contributed by atoms with E-state index in [-0.39, 0.29) is 4.90 Å². The van der Waals surface area contributed by atoms with Crippen LogP contribution in [-0.4, -0.2) is 20.0 Å². The summed E-state index contributed by atoms with van der Waals surface area (Å²) < 4.78 is 63.1. The van der Waals surface area contributed by atoms with E-state index >= 15 is 0 Å². The van der Waals surface area contributed by atoms with Crippen molar-refractivity contribution >= 4 is 15.6 Å². The van der Waals surface area contributed by atoms with Crippen LogP contribution < -0.4 is 0 Å². The van der Waals surface area contributed by atoms with E-state index in [1.165, 1.54) is 6.07 Å². The van der Waals surface area contributed by atoms with Crippen LogP contribution in [0.15, 0.2) is 47.4 Å². The molecule has 0 saturated carbocycles. The van der Waals surface area contributed by atoms with Crippen LogP contribution in [0.5, 0.6) is 0 Å². The van der Waals surface area contributed by atoms with Gasteiger partial charge in [-0.25, -0.2) is 21.6 Å². The first-order valence-corrected chi connectivity index (χ1v) is 7.41. The fourth-order valence-corrected chi connectivity index (χ4v) is 2.96. The molecule has 2 aromatic carbocycles. The first-order chi connectivity index (χ1) is 9.79. The fraction of sp³-hybridized carbons (Fsp3) is 0.0714. The Kier molecular flexibility index (Phi) is 4.13. The summed E-state index contributed by atoms with van der Waals surface area (Å²) in [6.45, 7) is 0. The highest BCUT2D eigenvalue weighted by molar-refractivity contribution is 7.92. The Morgan fingerprint density at radius 3 is 2.24 bits per heavy atom. The first-order valence-electron chi connectivity index (χ1n) is 5.76. The monoisotopic (exact) mass is 314 g/mol. The minimum absolute atomic E-state index is 0.377. The van der Waals surface area contributed by atoms with Crippen molar-refractivity contribution in [2.75, 3.05) is 5.75 Å². The normalized spacial score (nSPS) is 11.4. The molecule has 0 aliphatic rings. The van der Waals surface area contributed by atoms with Crippen LogP contribution in [0.3, 0.4) is 0 Å². The lowest BCUT2D eigenvalue weighted by molar-refractivity contribution is 0.101. The van der Waals surface area contributed by atoms with E-state index in [1.54, 1.807) is 0 Å². The molecule has 0 amide bonds. The Morgan fingerprint density at radius 1 is 0.952 bits per heavy atom. The maximum atomic E-state index is 13.4. The van der Waals surface area contributed by atoms with E-state index < -0.39 is 44.4 Å². The predicted molar refractivity (Wildman–Crippen MR) is 69.1 cm³/mol. The van der Waals surface area contributed by atoms with E-state index in [1.807, 2.05) is 0 Å². The molecular formula is C14H9F3O3S. The zero-order chi connectivity index (χ0) is 15.6. The van der Waals surface area contributed by atoms with Gasteiger partial charge < -0.3 is 0 Å². The number of hydrogen-bond acceptors (Lipinski definition) is 3. The van der Waals surface area contributed by atoms with Gasteiger partial charge in [0.1, 0.15) is 23.2 Å². The van der Waals surface area contributed by atoms with E-state index in [0.717, 1.165) is 30.3 Å². The average Bonchev–Trinajstić information content (AvgIpc) is 2.37. The highest BCUT2D eigenvalue weighted by atomic mass is 32.2. The van der Waals surface area contributed by atoms with Crippen molar-refractivity contribution < 1.29 is 26.4 Å². The minimum atomic E-state index is -4.11. The number of sulfone groups is 1. The molecule has 110 valence electrons. The van der Waals surface area contributed by atoms with E-state index in [4.69, 9.17) is 0 Å². The smallest absolute Gasteiger partial charge is 0.185 e. The van der Waals surface area contributed by atoms with Gasteiger partial charge in [0.25, 0.3) is 0 Å². The number of hydrogen-bond donors (Lipinski definition) is 0. The Morgan fingerprint density at radius 2 is 1.62 bits per heavy atom. The van der Waals surface area contributed by atoms with Gasteiger partial charge in [-0.15, -0.1) is 0 Å². The molecule has 0 heterocycles. The Hall–Kier alpha value is -2.15. The molecule has 0 aliphatic carbocycles. The average molecular weight is 314 g/mol. The van der Waals surface area contributed by atoms with Gasteiger partial charge in [-0.1, -0.05) is 6.07 Å². The van der Waals surface area contributed by atoms with Gasteiger partial charge in [-0.2, -0.15) is 0 Å². The molecule has 21 heavy (non-hydrogen) atoms. The highest BCUT2D eigenvalue weighted by Crippen LogP contribution is 2.16. The molecule has 0 N–H and O–H groups in total. The highest BCUT2D eigenvalue weighted by Gasteiger charge is 2.23. The molecule has 0 aromatic heterocycles. The molecule has 0 atom stereocenters. The van der Waals surface area contributed by atoms with Gasteiger partial charge in [0.05, 0.1) is 10.5 Å². The second-order valence-electron chi connectivity index (χ2n) is 4.26. The largest absolute Gasteiger partial charge is 0.293 e. The first kappa shape index (κ1) is 15.2. The number of carbonyl (C=O) groups is 1. The molecule has 2 aromatic rings. The molecule has 0 radical (unpaired) electrons. The van der Waals surface area contributed by atoms with Crippen LogP contribution in [0, 0.1) is 17.5 Å². The Balaban J connectivity index is 2.30. The van der Waals surface area contributed by atoms with E-state index in [9.17, 15) is 26.4 Å². The zero-order valence-electron chi connectivity index (χ0n) is 10.5. The van der Waals surface area contributed by atoms with Crippen LogP contribution in [0.25, 0.3) is 0 Å². The molecule has 0 aliphatic heterocycles. The standard InChI is InChI=1S/C14H9F3O3S/c15-9-2-1-3-11(6-9)21(19,20)8-14(18)12-5-4-10(16)7-13(12)17/h1-7H,8H2. The van der Waals surface area contributed by atoms with E-state index in [0.29, 0.717) is 6.07 Å². The van der Waals surface area contributed by atoms with Gasteiger partial charge in [0.15, 0.2) is 15.6 Å². The maximum Gasteiger partial charge on any atom is 0.185 e. The summed E-state index contributed by atoms with van der Waals surface area (Å²) in [4.78, 5) is 11.4. The number of Topliss-reactive ketones (excluding diaryl/α,β-unsaturated/α-hetero) is 1. The van der Waals surface area contributed by atoms with Crippen molar-refractivity contribution in [3.05, 3.63) is 65.5 Å². The number of ketones is 1. The summed E-state index contributed by atoms with van der Waals surface area (Å²) in [6, 6.07) is 6.35. The molecule has 3 nitrogen and oxygen atoms in total. The molecule has 0 unspecified atom stereocenters. The second kappa shape index (κ2) is 5.69. The minimum Gasteiger partial charge on any atom is -0.293 e. The summed E-state index contributed by atoms with van der Waals surface area (Å²) in [5.74, 6) is -4.85. The molecule has 0 saturated heterocycles. The number of benzene rings is 2. The third kappa shape index (κ3) is 3.49. The fourth-order valence-electron chi connectivity index (χ4n) is 1.71. The van der Waals surface area contributed by atoms with Gasteiger partial charge in [0.2, 0.25) is 0 Å². The molecule has 0 spiro atoms. The zero-order valence-corrected chi connectivity index (χ0v) is 11.3. The maximum absolute atomic E-state index is 13.4. The summed E-state index contributed by atoms with van der Waals surface area (Å²) >= 11 is 0. The topological polar surface area (TPSA) is 51.2 Å². The molecule has 2 rings (SSSR count).